The molecule has 0 spiro atoms. The predicted molar refractivity (Wildman–Crippen MR) is 101 cm³/mol. The number of benzene rings is 1. The van der Waals surface area contributed by atoms with E-state index in [2.05, 4.69) is 10.0 Å². The van der Waals surface area contributed by atoms with E-state index in [4.69, 9.17) is 0 Å². The van der Waals surface area contributed by atoms with Gasteiger partial charge < -0.3 is 15.3 Å². The Balaban J connectivity index is 1.57. The molecule has 0 unspecified atom stereocenters. The molecule has 3 N–H and O–H groups in total. The summed E-state index contributed by atoms with van der Waals surface area (Å²) in [6, 6.07) is 5.71. The van der Waals surface area contributed by atoms with Gasteiger partial charge in [-0.05, 0) is 47.7 Å². The number of β-amino-alcohol motifs (C(OH)–C–C–N with tert-alkyl or cyclic N) is 1. The SMILES string of the molecule is O=S(=O)(Nc1cc2c(cc1F)C=CNC2)c1ccc(N2C[C@@H](O)[C@@H](F)C2)s1. The van der Waals surface area contributed by atoms with E-state index < -0.39 is 28.1 Å². The molecule has 1 saturated heterocycles. The molecule has 0 amide bonds. The molecule has 6 nitrogen and oxygen atoms in total. The van der Waals surface area contributed by atoms with Gasteiger partial charge in [-0.3, -0.25) is 4.72 Å². The number of hydrogen-bond donors (Lipinski definition) is 3. The molecule has 2 aliphatic heterocycles. The van der Waals surface area contributed by atoms with Crippen molar-refractivity contribution < 1.29 is 22.3 Å². The molecule has 1 fully saturated rings. The number of rotatable bonds is 4. The van der Waals surface area contributed by atoms with Crippen molar-refractivity contribution in [3.8, 4) is 0 Å². The number of aliphatic hydroxyl groups excluding tert-OH is 1. The van der Waals surface area contributed by atoms with Crippen LogP contribution in [0.15, 0.2) is 34.7 Å². The van der Waals surface area contributed by atoms with E-state index in [9.17, 15) is 22.3 Å². The number of fused-ring (bicyclic) bond motifs is 1. The number of halogens is 2. The van der Waals surface area contributed by atoms with Crippen LogP contribution < -0.4 is 14.9 Å². The van der Waals surface area contributed by atoms with E-state index >= 15 is 0 Å². The lowest BCUT2D eigenvalue weighted by molar-refractivity contribution is 0.118. The van der Waals surface area contributed by atoms with Crippen LogP contribution in [0.25, 0.3) is 6.08 Å². The number of alkyl halides is 1. The fraction of sp³-hybridized carbons (Fsp3) is 0.294. The van der Waals surface area contributed by atoms with Crippen LogP contribution in [0.3, 0.4) is 0 Å². The molecular weight excluding hydrogens is 396 g/mol. The van der Waals surface area contributed by atoms with Crippen molar-refractivity contribution in [1.29, 1.82) is 0 Å². The summed E-state index contributed by atoms with van der Waals surface area (Å²) < 4.78 is 55.4. The third-order valence-corrected chi connectivity index (χ3v) is 7.51. The second kappa shape index (κ2) is 6.77. The summed E-state index contributed by atoms with van der Waals surface area (Å²) in [4.78, 5) is 1.59. The number of hydrogen-bond acceptors (Lipinski definition) is 6. The predicted octanol–water partition coefficient (Wildman–Crippen LogP) is 2.28. The van der Waals surface area contributed by atoms with Gasteiger partial charge in [0.05, 0.1) is 17.2 Å². The second-order valence-corrected chi connectivity index (χ2v) is 9.40. The first kappa shape index (κ1) is 18.2. The van der Waals surface area contributed by atoms with Gasteiger partial charge in [0, 0.05) is 13.1 Å². The van der Waals surface area contributed by atoms with Gasteiger partial charge in [0.1, 0.15) is 22.3 Å². The van der Waals surface area contributed by atoms with Crippen molar-refractivity contribution in [2.75, 3.05) is 22.7 Å². The fourth-order valence-electron chi connectivity index (χ4n) is 3.08. The van der Waals surface area contributed by atoms with Crippen molar-refractivity contribution in [3.05, 3.63) is 47.4 Å². The smallest absolute Gasteiger partial charge is 0.271 e. The third-order valence-electron chi connectivity index (χ3n) is 4.51. The summed E-state index contributed by atoms with van der Waals surface area (Å²) >= 11 is 0.947. The van der Waals surface area contributed by atoms with Crippen molar-refractivity contribution in [2.45, 2.75) is 23.0 Å². The van der Waals surface area contributed by atoms with Gasteiger partial charge in [-0.1, -0.05) is 0 Å². The number of nitrogens with zero attached hydrogens (tertiary/aromatic N) is 1. The largest absolute Gasteiger partial charge is 0.388 e. The van der Waals surface area contributed by atoms with Crippen LogP contribution in [-0.2, 0) is 16.6 Å². The molecule has 27 heavy (non-hydrogen) atoms. The summed E-state index contributed by atoms with van der Waals surface area (Å²) in [5.41, 5.74) is 1.35. The Labute approximate surface area is 159 Å². The van der Waals surface area contributed by atoms with Gasteiger partial charge in [0.15, 0.2) is 0 Å². The van der Waals surface area contributed by atoms with Crippen LogP contribution in [0, 0.1) is 5.82 Å². The Kier molecular flexibility index (Phi) is 4.57. The first-order chi connectivity index (χ1) is 12.8. The van der Waals surface area contributed by atoms with E-state index in [0.29, 0.717) is 17.1 Å². The van der Waals surface area contributed by atoms with E-state index in [1.807, 2.05) is 0 Å². The zero-order valence-electron chi connectivity index (χ0n) is 14.0. The van der Waals surface area contributed by atoms with Crippen LogP contribution in [0.5, 0.6) is 0 Å². The molecule has 3 heterocycles. The molecule has 2 aromatic rings. The van der Waals surface area contributed by atoms with Gasteiger partial charge in [-0.2, -0.15) is 0 Å². The molecule has 10 heteroatoms. The lowest BCUT2D eigenvalue weighted by Gasteiger charge is -2.15. The molecule has 1 aromatic carbocycles. The Morgan fingerprint density at radius 2 is 2.11 bits per heavy atom. The molecule has 0 aliphatic carbocycles. The van der Waals surface area contributed by atoms with Gasteiger partial charge in [-0.25, -0.2) is 17.2 Å². The summed E-state index contributed by atoms with van der Waals surface area (Å²) in [5, 5.41) is 13.1. The lowest BCUT2D eigenvalue weighted by Crippen LogP contribution is -2.20. The van der Waals surface area contributed by atoms with Crippen LogP contribution in [0.4, 0.5) is 19.5 Å². The maximum Gasteiger partial charge on any atom is 0.271 e. The van der Waals surface area contributed by atoms with Crippen LogP contribution >= 0.6 is 11.3 Å². The lowest BCUT2D eigenvalue weighted by atomic mass is 10.0. The molecule has 2 aliphatic rings. The number of aliphatic hydroxyl groups is 1. The highest BCUT2D eigenvalue weighted by molar-refractivity contribution is 7.94. The minimum atomic E-state index is -3.99. The molecule has 4 rings (SSSR count). The summed E-state index contributed by atoms with van der Waals surface area (Å²) in [5.74, 6) is -0.663. The molecule has 144 valence electrons. The highest BCUT2D eigenvalue weighted by atomic mass is 32.2. The normalized spacial score (nSPS) is 21.8. The van der Waals surface area contributed by atoms with Crippen molar-refractivity contribution in [3.63, 3.8) is 0 Å². The first-order valence-corrected chi connectivity index (χ1v) is 10.6. The topological polar surface area (TPSA) is 81.7 Å². The number of nitrogens with one attached hydrogen (secondary N) is 2. The monoisotopic (exact) mass is 413 g/mol. The average Bonchev–Trinajstić information content (AvgIpc) is 3.23. The van der Waals surface area contributed by atoms with E-state index in [1.54, 1.807) is 23.2 Å². The maximum absolute atomic E-state index is 14.3. The van der Waals surface area contributed by atoms with Gasteiger partial charge in [-0.15, -0.1) is 11.3 Å². The van der Waals surface area contributed by atoms with Crippen LogP contribution in [-0.4, -0.2) is 38.9 Å². The molecule has 0 saturated carbocycles. The van der Waals surface area contributed by atoms with Crippen molar-refractivity contribution in [2.24, 2.45) is 0 Å². The van der Waals surface area contributed by atoms with E-state index in [1.165, 1.54) is 18.2 Å². The second-order valence-electron chi connectivity index (χ2n) is 6.43. The summed E-state index contributed by atoms with van der Waals surface area (Å²) in [6.45, 7) is 0.592. The molecule has 1 aromatic heterocycles. The standard InChI is InChI=1S/C17H17F2N3O3S2/c18-12-5-10-3-4-20-7-11(10)6-14(12)21-27(24,25)17-2-1-16(26-17)22-8-13(19)15(23)9-22/h1-6,13,15,20-21,23H,7-9H2/t13-,15+/m0/s1. The van der Waals surface area contributed by atoms with Crippen molar-refractivity contribution in [1.82, 2.24) is 5.32 Å². The highest BCUT2D eigenvalue weighted by Gasteiger charge is 2.32. The Hall–Kier alpha value is -2.17. The Morgan fingerprint density at radius 3 is 2.85 bits per heavy atom. The zero-order valence-corrected chi connectivity index (χ0v) is 15.7. The maximum atomic E-state index is 14.3. The third kappa shape index (κ3) is 3.52. The van der Waals surface area contributed by atoms with Gasteiger partial charge >= 0.3 is 0 Å². The number of anilines is 2. The van der Waals surface area contributed by atoms with E-state index in [-0.39, 0.29) is 23.0 Å². The molecule has 0 bridgehead atoms. The molecular formula is C17H17F2N3O3S2. The minimum Gasteiger partial charge on any atom is -0.388 e. The summed E-state index contributed by atoms with van der Waals surface area (Å²) in [6.07, 6.45) is 0.972. The fourth-order valence-corrected chi connectivity index (χ4v) is 5.45. The average molecular weight is 413 g/mol. The highest BCUT2D eigenvalue weighted by Crippen LogP contribution is 2.34. The number of sulfonamides is 1. The van der Waals surface area contributed by atoms with Gasteiger partial charge in [0.25, 0.3) is 10.0 Å². The van der Waals surface area contributed by atoms with Crippen LogP contribution in [0.1, 0.15) is 11.1 Å². The Morgan fingerprint density at radius 1 is 1.30 bits per heavy atom. The molecule has 2 atom stereocenters. The summed E-state index contributed by atoms with van der Waals surface area (Å²) in [7, 11) is -3.99. The number of thiophene rings is 1. The van der Waals surface area contributed by atoms with Crippen molar-refractivity contribution >= 4 is 38.1 Å². The van der Waals surface area contributed by atoms with Crippen LogP contribution in [0.2, 0.25) is 0 Å². The minimum absolute atomic E-state index is 0.00850. The quantitative estimate of drug-likeness (QED) is 0.717. The Bertz CT molecular complexity index is 997. The van der Waals surface area contributed by atoms with Gasteiger partial charge in [0.2, 0.25) is 0 Å². The molecule has 0 radical (unpaired) electrons. The van der Waals surface area contributed by atoms with E-state index in [0.717, 1.165) is 16.9 Å². The zero-order chi connectivity index (χ0) is 19.2. The first-order valence-electron chi connectivity index (χ1n) is 8.25.